The van der Waals surface area contributed by atoms with Gasteiger partial charge in [0.25, 0.3) is 0 Å². The minimum absolute atomic E-state index is 1.19. The van der Waals surface area contributed by atoms with E-state index in [9.17, 15) is 0 Å². The van der Waals surface area contributed by atoms with Crippen LogP contribution in [0.3, 0.4) is 0 Å². The Bertz CT molecular complexity index is 1780. The molecule has 0 radical (unpaired) electrons. The highest BCUT2D eigenvalue weighted by atomic mass is 14.2. The molecule has 0 fully saturated rings. The maximum Gasteiger partial charge on any atom is -0.00206 e. The van der Waals surface area contributed by atoms with E-state index in [-0.39, 0.29) is 0 Å². The lowest BCUT2D eigenvalue weighted by molar-refractivity contribution is 1.55. The lowest BCUT2D eigenvalue weighted by atomic mass is 9.89. The molecule has 7 aromatic carbocycles. The molecule has 0 heteroatoms. The van der Waals surface area contributed by atoms with Crippen LogP contribution in [-0.2, 0) is 0 Å². The molecular weight excluding hydrogens is 432 g/mol. The van der Waals surface area contributed by atoms with E-state index in [1.165, 1.54) is 65.7 Å². The van der Waals surface area contributed by atoms with Crippen molar-refractivity contribution in [2.24, 2.45) is 0 Å². The average molecular weight is 457 g/mol. The van der Waals surface area contributed by atoms with Crippen LogP contribution in [0.25, 0.3) is 55.1 Å². The summed E-state index contributed by atoms with van der Waals surface area (Å²) >= 11 is 0. The first-order chi connectivity index (χ1) is 17.8. The zero-order chi connectivity index (χ0) is 23.9. The Hall–Kier alpha value is -4.68. The zero-order valence-electron chi connectivity index (χ0n) is 19.9. The first-order valence-corrected chi connectivity index (χ1v) is 12.4. The summed E-state index contributed by atoms with van der Waals surface area (Å²) in [6.07, 6.45) is 2.29. The molecule has 0 saturated carbocycles. The SMILES string of the molecule is C(=C(c1ccccc1)c1ccccc1)c1ccc(-c2ccc3ccc4cccc5ccc2c3c45)cc1. The lowest BCUT2D eigenvalue weighted by Crippen LogP contribution is -1.89. The summed E-state index contributed by atoms with van der Waals surface area (Å²) in [5.41, 5.74) is 7.39. The van der Waals surface area contributed by atoms with Gasteiger partial charge in [-0.1, -0.05) is 140 Å². The Morgan fingerprint density at radius 3 is 1.61 bits per heavy atom. The third-order valence-electron chi connectivity index (χ3n) is 7.23. The van der Waals surface area contributed by atoms with E-state index in [4.69, 9.17) is 0 Å². The summed E-state index contributed by atoms with van der Waals surface area (Å²) in [6, 6.07) is 50.4. The average Bonchev–Trinajstić information content (AvgIpc) is 2.96. The zero-order valence-corrected chi connectivity index (χ0v) is 19.9. The standard InChI is InChI=1S/C36H24/c1-3-8-26(9-4-1)34(27-10-5-2-6-11-27)24-25-14-16-28(17-15-25)32-22-20-31-19-18-29-12-7-13-30-21-23-33(32)36(31)35(29)30/h1-24H. The molecule has 0 spiro atoms. The van der Waals surface area contributed by atoms with Crippen LogP contribution in [-0.4, -0.2) is 0 Å². The minimum atomic E-state index is 1.19. The van der Waals surface area contributed by atoms with Gasteiger partial charge in [0.1, 0.15) is 0 Å². The van der Waals surface area contributed by atoms with Crippen molar-refractivity contribution in [3.63, 3.8) is 0 Å². The number of rotatable bonds is 4. The van der Waals surface area contributed by atoms with Crippen LogP contribution in [0.4, 0.5) is 0 Å². The largest absolute Gasteiger partial charge is 0.0622 e. The van der Waals surface area contributed by atoms with E-state index >= 15 is 0 Å². The molecule has 36 heavy (non-hydrogen) atoms. The fourth-order valence-electron chi connectivity index (χ4n) is 5.48. The first kappa shape index (κ1) is 20.7. The summed E-state index contributed by atoms with van der Waals surface area (Å²) in [5.74, 6) is 0. The molecule has 7 aromatic rings. The van der Waals surface area contributed by atoms with Crippen LogP contribution >= 0.6 is 0 Å². The van der Waals surface area contributed by atoms with Gasteiger partial charge < -0.3 is 0 Å². The Kier molecular flexibility index (Phi) is 4.89. The smallest absolute Gasteiger partial charge is 0.00206 e. The molecule has 0 amide bonds. The van der Waals surface area contributed by atoms with Gasteiger partial charge >= 0.3 is 0 Å². The van der Waals surface area contributed by atoms with Crippen LogP contribution in [0.2, 0.25) is 0 Å². The van der Waals surface area contributed by atoms with E-state index in [2.05, 4.69) is 146 Å². The van der Waals surface area contributed by atoms with Crippen LogP contribution < -0.4 is 0 Å². The second-order valence-electron chi connectivity index (χ2n) is 9.38. The van der Waals surface area contributed by atoms with Crippen LogP contribution in [0, 0.1) is 0 Å². The highest BCUT2D eigenvalue weighted by Crippen LogP contribution is 2.39. The summed E-state index contributed by atoms with van der Waals surface area (Å²) in [4.78, 5) is 0. The van der Waals surface area contributed by atoms with E-state index in [1.807, 2.05) is 0 Å². The molecule has 0 unspecified atom stereocenters. The third kappa shape index (κ3) is 3.47. The number of hydrogen-bond acceptors (Lipinski definition) is 0. The van der Waals surface area contributed by atoms with Gasteiger partial charge in [0, 0.05) is 0 Å². The minimum Gasteiger partial charge on any atom is -0.0622 e. The topological polar surface area (TPSA) is 0 Å². The summed E-state index contributed by atoms with van der Waals surface area (Å²) in [5, 5.41) is 7.95. The molecule has 0 bridgehead atoms. The molecule has 0 aliphatic carbocycles. The fraction of sp³-hybridized carbons (Fsp3) is 0. The molecule has 0 heterocycles. The molecule has 0 N–H and O–H groups in total. The van der Waals surface area contributed by atoms with Gasteiger partial charge in [0.2, 0.25) is 0 Å². The molecule has 0 atom stereocenters. The lowest BCUT2D eigenvalue weighted by Gasteiger charge is -2.14. The van der Waals surface area contributed by atoms with Crippen LogP contribution in [0.5, 0.6) is 0 Å². The monoisotopic (exact) mass is 456 g/mol. The second-order valence-corrected chi connectivity index (χ2v) is 9.38. The predicted octanol–water partition coefficient (Wildman–Crippen LogP) is 9.84. The highest BCUT2D eigenvalue weighted by Gasteiger charge is 2.12. The highest BCUT2D eigenvalue weighted by molar-refractivity contribution is 6.25. The van der Waals surface area contributed by atoms with E-state index < -0.39 is 0 Å². The molecule has 0 aliphatic heterocycles. The summed E-state index contributed by atoms with van der Waals surface area (Å²) in [7, 11) is 0. The van der Waals surface area contributed by atoms with Crippen molar-refractivity contribution in [3.05, 3.63) is 156 Å². The molecular formula is C36H24. The van der Waals surface area contributed by atoms with Crippen LogP contribution in [0.15, 0.2) is 140 Å². The van der Waals surface area contributed by atoms with Gasteiger partial charge in [-0.05, 0) is 71.8 Å². The van der Waals surface area contributed by atoms with Crippen molar-refractivity contribution in [2.45, 2.75) is 0 Å². The van der Waals surface area contributed by atoms with Crippen molar-refractivity contribution in [2.75, 3.05) is 0 Å². The van der Waals surface area contributed by atoms with Crippen LogP contribution in [0.1, 0.15) is 16.7 Å². The van der Waals surface area contributed by atoms with Gasteiger partial charge in [0.15, 0.2) is 0 Å². The Morgan fingerprint density at radius 1 is 0.417 bits per heavy atom. The first-order valence-electron chi connectivity index (χ1n) is 12.4. The molecule has 168 valence electrons. The third-order valence-corrected chi connectivity index (χ3v) is 7.23. The molecule has 7 rings (SSSR count). The normalized spacial score (nSPS) is 11.3. The second kappa shape index (κ2) is 8.52. The maximum absolute atomic E-state index is 2.29. The summed E-state index contributed by atoms with van der Waals surface area (Å²) < 4.78 is 0. The van der Waals surface area contributed by atoms with E-state index in [1.54, 1.807) is 0 Å². The predicted molar refractivity (Wildman–Crippen MR) is 155 cm³/mol. The van der Waals surface area contributed by atoms with Gasteiger partial charge in [-0.25, -0.2) is 0 Å². The van der Waals surface area contributed by atoms with Gasteiger partial charge in [-0.3, -0.25) is 0 Å². The summed E-state index contributed by atoms with van der Waals surface area (Å²) in [6.45, 7) is 0. The fourth-order valence-corrected chi connectivity index (χ4v) is 5.48. The molecule has 0 saturated heterocycles. The number of hydrogen-bond donors (Lipinski definition) is 0. The molecule has 0 nitrogen and oxygen atoms in total. The van der Waals surface area contributed by atoms with Gasteiger partial charge in [-0.15, -0.1) is 0 Å². The van der Waals surface area contributed by atoms with Crippen molar-refractivity contribution < 1.29 is 0 Å². The van der Waals surface area contributed by atoms with Crippen molar-refractivity contribution in [3.8, 4) is 11.1 Å². The Labute approximate surface area is 211 Å². The van der Waals surface area contributed by atoms with Crippen molar-refractivity contribution >= 4 is 44.0 Å². The molecule has 0 aliphatic rings. The van der Waals surface area contributed by atoms with Gasteiger partial charge in [0.05, 0.1) is 0 Å². The molecule has 0 aromatic heterocycles. The number of benzene rings is 7. The van der Waals surface area contributed by atoms with E-state index in [0.29, 0.717) is 0 Å². The van der Waals surface area contributed by atoms with Crippen molar-refractivity contribution in [1.82, 2.24) is 0 Å². The quantitative estimate of drug-likeness (QED) is 0.183. The van der Waals surface area contributed by atoms with E-state index in [0.717, 1.165) is 0 Å². The van der Waals surface area contributed by atoms with Gasteiger partial charge in [-0.2, -0.15) is 0 Å². The maximum atomic E-state index is 2.29. The Balaban J connectivity index is 1.35. The van der Waals surface area contributed by atoms with Crippen molar-refractivity contribution in [1.29, 1.82) is 0 Å². The Morgan fingerprint density at radius 2 is 0.972 bits per heavy atom.